The van der Waals surface area contributed by atoms with Gasteiger partial charge < -0.3 is 14.8 Å². The molecule has 0 amide bonds. The third kappa shape index (κ3) is 4.20. The Morgan fingerprint density at radius 2 is 1.77 bits per heavy atom. The summed E-state index contributed by atoms with van der Waals surface area (Å²) in [6, 6.07) is 6.98. The van der Waals surface area contributed by atoms with Gasteiger partial charge >= 0.3 is 0 Å². The van der Waals surface area contributed by atoms with Gasteiger partial charge in [-0.05, 0) is 57.7 Å². The molecule has 1 saturated heterocycles. The Morgan fingerprint density at radius 1 is 0.971 bits per heavy atom. The van der Waals surface area contributed by atoms with Crippen molar-refractivity contribution in [1.82, 2.24) is 24.4 Å². The lowest BCUT2D eigenvalue weighted by atomic mass is 9.76. The summed E-state index contributed by atoms with van der Waals surface area (Å²) in [5, 5.41) is 4.41. The number of nitrogens with zero attached hydrogens (tertiary/aromatic N) is 6. The smallest absolute Gasteiger partial charge is 0.230 e. The number of hydrogen-bond acceptors (Lipinski definition) is 7. The van der Waals surface area contributed by atoms with Gasteiger partial charge in [0.05, 0.1) is 17.6 Å². The van der Waals surface area contributed by atoms with Crippen molar-refractivity contribution in [3.63, 3.8) is 0 Å². The molecule has 0 aromatic carbocycles. The van der Waals surface area contributed by atoms with Crippen molar-refractivity contribution in [3.05, 3.63) is 36.3 Å². The first-order valence-corrected chi connectivity index (χ1v) is 13.6. The molecular formula is C27H35N7S. The molecule has 1 saturated carbocycles. The van der Waals surface area contributed by atoms with Gasteiger partial charge in [0.1, 0.15) is 11.5 Å². The lowest BCUT2D eigenvalue weighted by molar-refractivity contribution is 0.180. The quantitative estimate of drug-likeness (QED) is 0.501. The van der Waals surface area contributed by atoms with Crippen LogP contribution in [0.5, 0.6) is 0 Å². The highest BCUT2D eigenvalue weighted by Crippen LogP contribution is 2.45. The Hall–Kier alpha value is -2.58. The minimum Gasteiger partial charge on any atom is -0.368 e. The van der Waals surface area contributed by atoms with Crippen LogP contribution < -0.4 is 10.2 Å². The molecule has 5 heterocycles. The van der Waals surface area contributed by atoms with E-state index in [9.17, 15) is 0 Å². The summed E-state index contributed by atoms with van der Waals surface area (Å²) in [5.41, 5.74) is 3.50. The van der Waals surface area contributed by atoms with E-state index in [0.29, 0.717) is 12.0 Å². The van der Waals surface area contributed by atoms with Crippen LogP contribution in [0.1, 0.15) is 64.5 Å². The monoisotopic (exact) mass is 489 g/mol. The Labute approximate surface area is 212 Å². The van der Waals surface area contributed by atoms with Crippen molar-refractivity contribution >= 4 is 45.6 Å². The van der Waals surface area contributed by atoms with Gasteiger partial charge in [-0.15, -0.1) is 0 Å². The Balaban J connectivity index is 1.24. The van der Waals surface area contributed by atoms with Gasteiger partial charge in [-0.1, -0.05) is 31.5 Å². The largest absolute Gasteiger partial charge is 0.368 e. The van der Waals surface area contributed by atoms with E-state index in [2.05, 4.69) is 55.6 Å². The zero-order valence-electron chi connectivity index (χ0n) is 20.8. The van der Waals surface area contributed by atoms with Crippen LogP contribution in [0.2, 0.25) is 0 Å². The second-order valence-corrected chi connectivity index (χ2v) is 11.2. The minimum absolute atomic E-state index is 0.156. The van der Waals surface area contributed by atoms with Crippen LogP contribution in [0.15, 0.2) is 30.6 Å². The van der Waals surface area contributed by atoms with Crippen molar-refractivity contribution in [3.8, 4) is 0 Å². The number of aromatic nitrogens is 4. The van der Waals surface area contributed by atoms with E-state index in [4.69, 9.17) is 17.2 Å². The highest BCUT2D eigenvalue weighted by atomic mass is 32.1. The number of anilines is 3. The van der Waals surface area contributed by atoms with Crippen molar-refractivity contribution in [1.29, 1.82) is 0 Å². The standard InChI is InChI=1S/C27H35N7S/c1-19(2)32-12-14-33(15-13-32)21-6-7-24(28-18-21)30-26-29-17-20-16-22-23(35)8-11-27(9-4-3-5-10-27)34(22)25(20)31-26/h6-7,16-19H,3-5,8-15H2,1-2H3,(H,28,29,30,31). The summed E-state index contributed by atoms with van der Waals surface area (Å²) in [6.07, 6.45) is 12.4. The molecule has 6 rings (SSSR count). The first-order valence-electron chi connectivity index (χ1n) is 13.2. The zero-order chi connectivity index (χ0) is 24.0. The fourth-order valence-corrected chi connectivity index (χ4v) is 6.51. The molecule has 7 nitrogen and oxygen atoms in total. The second-order valence-electron chi connectivity index (χ2n) is 10.7. The van der Waals surface area contributed by atoms with Gasteiger partial charge in [0.25, 0.3) is 0 Å². The van der Waals surface area contributed by atoms with Crippen molar-refractivity contribution in [2.24, 2.45) is 0 Å². The molecule has 184 valence electrons. The van der Waals surface area contributed by atoms with E-state index in [1.54, 1.807) is 0 Å². The molecule has 3 aliphatic rings. The molecule has 2 aliphatic heterocycles. The SMILES string of the molecule is CC(C)N1CCN(c2ccc(Nc3ncc4cc5n(c4n3)C3(CCCCC3)CCC5=S)nc2)CC1. The summed E-state index contributed by atoms with van der Waals surface area (Å²) in [5.74, 6) is 1.36. The molecule has 0 atom stereocenters. The number of thiocarbonyl (C=S) groups is 1. The summed E-state index contributed by atoms with van der Waals surface area (Å²) in [7, 11) is 0. The van der Waals surface area contributed by atoms with Crippen LogP contribution in [0.3, 0.4) is 0 Å². The topological polar surface area (TPSA) is 62.1 Å². The first-order chi connectivity index (χ1) is 17.0. The zero-order valence-corrected chi connectivity index (χ0v) is 21.7. The number of pyridine rings is 1. The number of rotatable bonds is 4. The molecule has 8 heteroatoms. The van der Waals surface area contributed by atoms with Gasteiger partial charge in [-0.2, -0.15) is 4.98 Å². The number of hydrogen-bond donors (Lipinski definition) is 1. The van der Waals surface area contributed by atoms with Crippen LogP contribution in [0.4, 0.5) is 17.5 Å². The molecule has 2 fully saturated rings. The molecule has 3 aromatic rings. The van der Waals surface area contributed by atoms with Gasteiger partial charge in [0, 0.05) is 54.2 Å². The Bertz CT molecular complexity index is 1220. The predicted octanol–water partition coefficient (Wildman–Crippen LogP) is 5.27. The van der Waals surface area contributed by atoms with Crippen molar-refractivity contribution in [2.75, 3.05) is 36.4 Å². The van der Waals surface area contributed by atoms with E-state index < -0.39 is 0 Å². The van der Waals surface area contributed by atoms with Gasteiger partial charge in [0.2, 0.25) is 5.95 Å². The van der Waals surface area contributed by atoms with Crippen LogP contribution in [-0.4, -0.2) is 61.5 Å². The maximum absolute atomic E-state index is 5.78. The van der Waals surface area contributed by atoms with Gasteiger partial charge in [-0.3, -0.25) is 4.90 Å². The summed E-state index contributed by atoms with van der Waals surface area (Å²) in [4.78, 5) is 20.3. The van der Waals surface area contributed by atoms with E-state index in [1.807, 2.05) is 18.5 Å². The predicted molar refractivity (Wildman–Crippen MR) is 146 cm³/mol. The third-order valence-corrected chi connectivity index (χ3v) is 8.71. The van der Waals surface area contributed by atoms with Crippen LogP contribution in [-0.2, 0) is 5.54 Å². The summed E-state index contributed by atoms with van der Waals surface area (Å²) in [6.45, 7) is 8.80. The lowest BCUT2D eigenvalue weighted by Gasteiger charge is -2.43. The molecule has 1 spiro atoms. The number of piperazine rings is 1. The molecule has 0 bridgehead atoms. The average molecular weight is 490 g/mol. The average Bonchev–Trinajstić information content (AvgIpc) is 3.28. The summed E-state index contributed by atoms with van der Waals surface area (Å²) >= 11 is 5.78. The fourth-order valence-electron chi connectivity index (χ4n) is 6.26. The normalized spacial score (nSPS) is 20.5. The van der Waals surface area contributed by atoms with Crippen LogP contribution in [0, 0.1) is 0 Å². The van der Waals surface area contributed by atoms with E-state index >= 15 is 0 Å². The van der Waals surface area contributed by atoms with Crippen LogP contribution in [0.25, 0.3) is 11.0 Å². The molecule has 1 N–H and O–H groups in total. The van der Waals surface area contributed by atoms with E-state index in [-0.39, 0.29) is 5.54 Å². The van der Waals surface area contributed by atoms with Crippen molar-refractivity contribution < 1.29 is 0 Å². The van der Waals surface area contributed by atoms with E-state index in [1.165, 1.54) is 43.5 Å². The second kappa shape index (κ2) is 9.13. The fraction of sp³-hybridized carbons (Fsp3) is 0.556. The third-order valence-electron chi connectivity index (χ3n) is 8.30. The maximum Gasteiger partial charge on any atom is 0.230 e. The first kappa shape index (κ1) is 22.9. The summed E-state index contributed by atoms with van der Waals surface area (Å²) < 4.78 is 2.47. The highest BCUT2D eigenvalue weighted by molar-refractivity contribution is 7.80. The molecule has 3 aromatic heterocycles. The van der Waals surface area contributed by atoms with Crippen molar-refractivity contribution in [2.45, 2.75) is 70.4 Å². The molecule has 0 unspecified atom stereocenters. The van der Waals surface area contributed by atoms with E-state index in [0.717, 1.165) is 60.7 Å². The number of fused-ring (bicyclic) bond motifs is 4. The van der Waals surface area contributed by atoms with Gasteiger partial charge in [-0.25, -0.2) is 9.97 Å². The highest BCUT2D eigenvalue weighted by Gasteiger charge is 2.40. The van der Waals surface area contributed by atoms with Crippen LogP contribution >= 0.6 is 12.2 Å². The molecule has 35 heavy (non-hydrogen) atoms. The molecule has 1 aliphatic carbocycles. The van der Waals surface area contributed by atoms with Gasteiger partial charge in [0.15, 0.2) is 0 Å². The lowest BCUT2D eigenvalue weighted by Crippen LogP contribution is -2.48. The Morgan fingerprint density at radius 3 is 2.49 bits per heavy atom. The minimum atomic E-state index is 0.156. The maximum atomic E-state index is 5.78. The molecular weight excluding hydrogens is 454 g/mol. The Kier molecular flexibility index (Phi) is 5.96. The molecule has 0 radical (unpaired) electrons. The number of nitrogens with one attached hydrogen (secondary N) is 1.